The average Bonchev–Trinajstić information content (AvgIpc) is 3.75. The molecule has 24 nitrogen and oxygen atoms in total. The molecule has 49 heavy (non-hydrogen) atoms. The Kier molecular flexibility index (Phi) is 10.8. The molecule has 5 rings (SSSR count). The van der Waals surface area contributed by atoms with Crippen LogP contribution in [0.3, 0.4) is 0 Å². The van der Waals surface area contributed by atoms with Crippen molar-refractivity contribution in [1.82, 2.24) is 19.5 Å². The molecule has 30 heteroatoms. The van der Waals surface area contributed by atoms with E-state index < -0.39 is 72.9 Å². The zero-order valence-corrected chi connectivity index (χ0v) is 29.2. The maximum atomic E-state index is 13.4. The molecule has 0 saturated carbocycles. The van der Waals surface area contributed by atoms with Crippen LogP contribution in [0.4, 0.5) is 22.2 Å². The van der Waals surface area contributed by atoms with Gasteiger partial charge in [-0.1, -0.05) is 16.2 Å². The second-order valence-electron chi connectivity index (χ2n) is 9.50. The number of aromatic amines is 1. The average molecular weight is 808 g/mol. The third-order valence-electron chi connectivity index (χ3n) is 6.35. The van der Waals surface area contributed by atoms with Gasteiger partial charge in [-0.25, -0.2) is 38.6 Å². The molecule has 3 aromatic rings. The molecule has 0 spiro atoms. The largest absolute Gasteiger partial charge is 0.522 e. The quantitative estimate of drug-likeness (QED) is 0.0440. The van der Waals surface area contributed by atoms with Crippen LogP contribution >= 0.6 is 59.8 Å². The Morgan fingerprint density at radius 1 is 1.22 bits per heavy atom. The molecule has 8 N–H and O–H groups in total. The molecular weight excluding hydrogens is 785 g/mol. The van der Waals surface area contributed by atoms with Crippen LogP contribution in [0.15, 0.2) is 6.33 Å². The van der Waals surface area contributed by atoms with Gasteiger partial charge in [-0.2, -0.15) is 26.0 Å². The molecule has 0 aliphatic carbocycles. The maximum absolute atomic E-state index is 13.4. The number of anilines is 2. The molecule has 5 heterocycles. The van der Waals surface area contributed by atoms with Crippen LogP contribution in [0.2, 0.25) is 0 Å². The lowest BCUT2D eigenvalue weighted by atomic mass is 10.1. The topological polar surface area (TPSA) is 324 Å². The van der Waals surface area contributed by atoms with Crippen LogP contribution in [-0.2, 0) is 56.3 Å². The number of carbonyl (C=O) groups is 2. The SMILES string of the molecule is [C-]#[N+]c1c(CS)s[n+](C(=O)OC)c1NC(=O)C1OC2C(COP(=O)(O)OP(=O)(O)OP(=O)(O)O)OC(n3cnc4c(=S)nc(N)[nH]c43)C2O1. The molecule has 1 amide bonds. The summed E-state index contributed by atoms with van der Waals surface area (Å²) in [5.74, 6) is -1.36. The Bertz CT molecular complexity index is 2060. The fourth-order valence-corrected chi connectivity index (χ4v) is 9.06. The molecule has 3 aromatic heterocycles. The smallest absolute Gasteiger partial charge is 0.434 e. The van der Waals surface area contributed by atoms with Gasteiger partial charge in [0.2, 0.25) is 0 Å². The number of nitrogens with two attached hydrogens (primary N) is 1. The number of carbonyl (C=O) groups excluding carboxylic acids is 2. The summed E-state index contributed by atoms with van der Waals surface area (Å²) in [6, 6.07) is 0. The fraction of sp³-hybridized carbons (Fsp3) is 0.421. The lowest BCUT2D eigenvalue weighted by molar-refractivity contribution is -0.496. The molecule has 2 fully saturated rings. The zero-order valence-electron chi connectivity index (χ0n) is 24.0. The molecule has 0 aromatic carbocycles. The molecule has 2 saturated heterocycles. The van der Waals surface area contributed by atoms with E-state index in [-0.39, 0.29) is 39.0 Å². The number of amides is 1. The molecule has 7 atom stereocenters. The number of phosphoric acid groups is 3. The summed E-state index contributed by atoms with van der Waals surface area (Å²) in [7, 11) is -16.0. The molecule has 2 aliphatic rings. The molecule has 7 unspecified atom stereocenters. The minimum atomic E-state index is -5.84. The number of ether oxygens (including phenoxy) is 4. The highest BCUT2D eigenvalue weighted by Crippen LogP contribution is 2.66. The number of methoxy groups -OCH3 is 1. The first-order valence-electron chi connectivity index (χ1n) is 12.8. The van der Waals surface area contributed by atoms with Crippen molar-refractivity contribution >= 4 is 100 Å². The van der Waals surface area contributed by atoms with Crippen LogP contribution in [-0.4, -0.2) is 89.4 Å². The minimum Gasteiger partial charge on any atom is -0.434 e. The van der Waals surface area contributed by atoms with Gasteiger partial charge in [0.05, 0.1) is 31.5 Å². The van der Waals surface area contributed by atoms with Gasteiger partial charge in [0.25, 0.3) is 12.0 Å². The van der Waals surface area contributed by atoms with Gasteiger partial charge in [0.1, 0.15) is 29.5 Å². The third kappa shape index (κ3) is 8.10. The van der Waals surface area contributed by atoms with E-state index in [4.69, 9.17) is 57.8 Å². The van der Waals surface area contributed by atoms with Gasteiger partial charge in [-0.15, -0.1) is 0 Å². The van der Waals surface area contributed by atoms with Gasteiger partial charge in [0, 0.05) is 17.3 Å². The Hall–Kier alpha value is -2.73. The van der Waals surface area contributed by atoms with E-state index in [0.29, 0.717) is 4.88 Å². The van der Waals surface area contributed by atoms with Gasteiger partial charge >= 0.3 is 41.3 Å². The predicted octanol–water partition coefficient (Wildman–Crippen LogP) is 1.00. The fourth-order valence-electron chi connectivity index (χ4n) is 4.58. The molecular formula is C19H22N8O16P3S3+. The van der Waals surface area contributed by atoms with Crippen molar-refractivity contribution in [3.8, 4) is 0 Å². The minimum absolute atomic E-state index is 0.00969. The van der Waals surface area contributed by atoms with Crippen LogP contribution in [0.1, 0.15) is 11.1 Å². The highest BCUT2D eigenvalue weighted by molar-refractivity contribution is 7.79. The number of H-pyrrole nitrogens is 1. The number of rotatable bonds is 11. The highest BCUT2D eigenvalue weighted by atomic mass is 32.1. The molecule has 266 valence electrons. The number of fused-ring (bicyclic) bond motifs is 2. The number of phosphoric ester groups is 1. The van der Waals surface area contributed by atoms with E-state index in [1.54, 1.807) is 0 Å². The molecule has 2 aliphatic heterocycles. The van der Waals surface area contributed by atoms with Gasteiger partial charge in [-0.3, -0.25) is 9.09 Å². The van der Waals surface area contributed by atoms with Gasteiger partial charge in [0.15, 0.2) is 16.8 Å². The first kappa shape index (κ1) is 37.5. The first-order valence-corrected chi connectivity index (χ1v) is 19.1. The van der Waals surface area contributed by atoms with Crippen molar-refractivity contribution in [2.45, 2.75) is 36.6 Å². The summed E-state index contributed by atoms with van der Waals surface area (Å²) in [4.78, 5) is 77.4. The maximum Gasteiger partial charge on any atom is 0.522 e. The lowest BCUT2D eigenvalue weighted by Crippen LogP contribution is -2.43. The van der Waals surface area contributed by atoms with E-state index in [1.165, 1.54) is 10.9 Å². The Morgan fingerprint density at radius 2 is 1.92 bits per heavy atom. The van der Waals surface area contributed by atoms with Crippen LogP contribution in [0, 0.1) is 11.2 Å². The Balaban J connectivity index is 1.43. The summed E-state index contributed by atoms with van der Waals surface area (Å²) in [6.07, 6.45) is -6.74. The number of hydrogen-bond acceptors (Lipinski definition) is 18. The number of imidazole rings is 1. The van der Waals surface area contributed by atoms with Crippen LogP contribution < -0.4 is 15.0 Å². The van der Waals surface area contributed by atoms with Gasteiger partial charge in [-0.05, 0) is 0 Å². The van der Waals surface area contributed by atoms with Crippen molar-refractivity contribution in [2.24, 2.45) is 0 Å². The van der Waals surface area contributed by atoms with Crippen LogP contribution in [0.5, 0.6) is 0 Å². The van der Waals surface area contributed by atoms with E-state index in [2.05, 4.69) is 46.4 Å². The zero-order chi connectivity index (χ0) is 36.1. The van der Waals surface area contributed by atoms with Crippen LogP contribution in [0.25, 0.3) is 16.0 Å². The van der Waals surface area contributed by atoms with Gasteiger partial charge < -0.3 is 49.2 Å². The number of nitrogen functional groups attached to an aromatic ring is 1. The number of thiol groups is 1. The third-order valence-corrected chi connectivity index (χ3v) is 12.0. The standard InChI is InChI=1S/C19H21N8O16P3S3/c1-21-8-7(4-47)49-27(19(29)37-2)13(8)23-14(28)17-40-10-6(3-38-45(33,34)43-46(35,36)42-44(30,31)32)39-16(11(10)41-17)26-5-22-9-12(26)24-18(20)25-15(9)48/h5-6,10-11,16-17H,3-4H2,2H3,(H8,20,24,25,30,31,32,33,34,35,36,47,48)/p+1. The molecule has 0 bridgehead atoms. The summed E-state index contributed by atoms with van der Waals surface area (Å²) < 4.78 is 71.9. The first-order chi connectivity index (χ1) is 22.9. The summed E-state index contributed by atoms with van der Waals surface area (Å²) in [5.41, 5.74) is 6.04. The van der Waals surface area contributed by atoms with Crippen molar-refractivity contribution < 1.29 is 78.9 Å². The number of nitrogens with zero attached hydrogens (tertiary/aromatic N) is 5. The summed E-state index contributed by atoms with van der Waals surface area (Å²) >= 11 is 10.1. The summed E-state index contributed by atoms with van der Waals surface area (Å²) in [6.45, 7) is 6.56. The lowest BCUT2D eigenvalue weighted by Gasteiger charge is -2.21. The number of aromatic nitrogens is 5. The van der Waals surface area contributed by atoms with Crippen molar-refractivity contribution in [1.29, 1.82) is 0 Å². The van der Waals surface area contributed by atoms with Crippen molar-refractivity contribution in [3.05, 3.63) is 27.3 Å². The van der Waals surface area contributed by atoms with Crippen molar-refractivity contribution in [3.63, 3.8) is 0 Å². The number of hydrogen-bond donors (Lipinski definition) is 8. The monoisotopic (exact) mass is 807 g/mol. The summed E-state index contributed by atoms with van der Waals surface area (Å²) in [5, 5.41) is 2.40. The Morgan fingerprint density at radius 3 is 2.55 bits per heavy atom. The Labute approximate surface area is 286 Å². The van der Waals surface area contributed by atoms with E-state index in [9.17, 15) is 33.1 Å². The number of nitrogens with one attached hydrogen (secondary N) is 2. The second kappa shape index (κ2) is 14.1. The van der Waals surface area contributed by atoms with Crippen molar-refractivity contribution in [2.75, 3.05) is 24.8 Å². The second-order valence-corrected chi connectivity index (χ2v) is 15.7. The van der Waals surface area contributed by atoms with E-state index in [0.717, 1.165) is 22.6 Å². The van der Waals surface area contributed by atoms with E-state index >= 15 is 0 Å². The van der Waals surface area contributed by atoms with E-state index in [1.807, 2.05) is 0 Å². The normalized spacial score (nSPS) is 24.6. The molecule has 0 radical (unpaired) electrons. The highest BCUT2D eigenvalue weighted by Gasteiger charge is 2.57. The predicted molar refractivity (Wildman–Crippen MR) is 164 cm³/mol.